The topological polar surface area (TPSA) is 60.4 Å². The van der Waals surface area contributed by atoms with Gasteiger partial charge < -0.3 is 4.74 Å². The molecule has 4 rings (SSSR count). The summed E-state index contributed by atoms with van der Waals surface area (Å²) in [7, 11) is 0. The molecule has 0 aliphatic heterocycles. The Labute approximate surface area is 169 Å². The highest BCUT2D eigenvalue weighted by Crippen LogP contribution is 2.67. The van der Waals surface area contributed by atoms with Crippen molar-refractivity contribution in [1.82, 2.24) is 0 Å². The van der Waals surface area contributed by atoms with Gasteiger partial charge in [-0.2, -0.15) is 0 Å². The standard InChI is InChI=1S/C24H36O4/c1-5-22(27)28-14(2)17-6-7-18-16-13-21(26)20-12-15(25)8-10-24(20,4)19(16)9-11-23(17,18)3/h14,16-20H,5-13H2,1-4H3/t14-,16-,17+,18-,19-,20+,23+,24+/m0/s1. The van der Waals surface area contributed by atoms with E-state index in [0.717, 1.165) is 32.1 Å². The monoisotopic (exact) mass is 388 g/mol. The first-order chi connectivity index (χ1) is 13.2. The highest BCUT2D eigenvalue weighted by molar-refractivity contribution is 5.90. The van der Waals surface area contributed by atoms with Crippen LogP contribution in [0.15, 0.2) is 0 Å². The predicted molar refractivity (Wildman–Crippen MR) is 106 cm³/mol. The molecule has 4 aliphatic carbocycles. The molecule has 8 atom stereocenters. The van der Waals surface area contributed by atoms with E-state index in [1.165, 1.54) is 0 Å². The van der Waals surface area contributed by atoms with Gasteiger partial charge in [-0.15, -0.1) is 0 Å². The molecule has 28 heavy (non-hydrogen) atoms. The first-order valence-corrected chi connectivity index (χ1v) is 11.4. The van der Waals surface area contributed by atoms with E-state index in [0.29, 0.717) is 55.1 Å². The molecule has 4 saturated carbocycles. The molecule has 0 bridgehead atoms. The maximum Gasteiger partial charge on any atom is 0.305 e. The summed E-state index contributed by atoms with van der Waals surface area (Å²) in [6.45, 7) is 8.61. The molecule has 4 fully saturated rings. The molecule has 0 heterocycles. The van der Waals surface area contributed by atoms with Gasteiger partial charge in [0.05, 0.1) is 0 Å². The second-order valence-corrected chi connectivity index (χ2v) is 10.6. The van der Waals surface area contributed by atoms with Crippen molar-refractivity contribution in [3.05, 3.63) is 0 Å². The quantitative estimate of drug-likeness (QED) is 0.656. The summed E-state index contributed by atoms with van der Waals surface area (Å²) in [5.74, 6) is 2.41. The average molecular weight is 389 g/mol. The molecule has 0 aromatic heterocycles. The van der Waals surface area contributed by atoms with Crippen molar-refractivity contribution >= 4 is 17.5 Å². The Morgan fingerprint density at radius 3 is 2.50 bits per heavy atom. The van der Waals surface area contributed by atoms with Crippen LogP contribution in [0.4, 0.5) is 0 Å². The summed E-state index contributed by atoms with van der Waals surface area (Å²) in [6.07, 6.45) is 7.60. The minimum Gasteiger partial charge on any atom is -0.462 e. The molecule has 4 heteroatoms. The number of fused-ring (bicyclic) bond motifs is 5. The fraction of sp³-hybridized carbons (Fsp3) is 0.875. The highest BCUT2D eigenvalue weighted by atomic mass is 16.5. The molecule has 0 unspecified atom stereocenters. The van der Waals surface area contributed by atoms with E-state index in [2.05, 4.69) is 20.8 Å². The Bertz CT molecular complexity index is 684. The molecule has 0 aromatic carbocycles. The van der Waals surface area contributed by atoms with Crippen molar-refractivity contribution in [3.8, 4) is 0 Å². The van der Waals surface area contributed by atoms with E-state index in [-0.39, 0.29) is 34.6 Å². The van der Waals surface area contributed by atoms with E-state index in [1.807, 2.05) is 6.92 Å². The van der Waals surface area contributed by atoms with Crippen LogP contribution in [-0.4, -0.2) is 23.6 Å². The van der Waals surface area contributed by atoms with Crippen molar-refractivity contribution in [2.75, 3.05) is 0 Å². The zero-order chi connectivity index (χ0) is 20.3. The average Bonchev–Trinajstić information content (AvgIpc) is 3.00. The van der Waals surface area contributed by atoms with Crippen molar-refractivity contribution in [1.29, 1.82) is 0 Å². The fourth-order valence-electron chi connectivity index (χ4n) is 8.02. The predicted octanol–water partition coefficient (Wildman–Crippen LogP) is 4.74. The molecule has 0 amide bonds. The Morgan fingerprint density at radius 1 is 1.07 bits per heavy atom. The zero-order valence-corrected chi connectivity index (χ0v) is 18.0. The van der Waals surface area contributed by atoms with Crippen LogP contribution in [0.5, 0.6) is 0 Å². The maximum atomic E-state index is 13.1. The lowest BCUT2D eigenvalue weighted by Gasteiger charge is -2.59. The SMILES string of the molecule is CCC(=O)O[C@@H](C)[C@H]1CC[C@H]2[C@@H]3CC(=O)[C@H]4CC(=O)CC[C@]4(C)[C@H]3CC[C@]12C. The number of ether oxygens (including phenoxy) is 1. The van der Waals surface area contributed by atoms with Gasteiger partial charge in [-0.25, -0.2) is 0 Å². The van der Waals surface area contributed by atoms with E-state index in [9.17, 15) is 14.4 Å². The smallest absolute Gasteiger partial charge is 0.305 e. The van der Waals surface area contributed by atoms with Gasteiger partial charge in [-0.1, -0.05) is 20.8 Å². The van der Waals surface area contributed by atoms with E-state index in [1.54, 1.807) is 0 Å². The van der Waals surface area contributed by atoms with Gasteiger partial charge in [0, 0.05) is 37.5 Å². The number of ketones is 2. The summed E-state index contributed by atoms with van der Waals surface area (Å²) in [5, 5.41) is 0. The molecule has 156 valence electrons. The fourth-order valence-corrected chi connectivity index (χ4v) is 8.02. The first-order valence-electron chi connectivity index (χ1n) is 11.4. The van der Waals surface area contributed by atoms with Crippen molar-refractivity contribution in [2.45, 2.75) is 91.6 Å². The molecule has 0 spiro atoms. The van der Waals surface area contributed by atoms with Crippen LogP contribution in [0.25, 0.3) is 0 Å². The number of hydrogen-bond donors (Lipinski definition) is 0. The minimum atomic E-state index is -0.108. The largest absolute Gasteiger partial charge is 0.462 e. The highest BCUT2D eigenvalue weighted by Gasteiger charge is 2.62. The molecule has 4 aliphatic rings. The number of esters is 1. The van der Waals surface area contributed by atoms with Crippen LogP contribution < -0.4 is 0 Å². The third-order valence-electron chi connectivity index (χ3n) is 9.53. The van der Waals surface area contributed by atoms with Gasteiger partial charge >= 0.3 is 5.97 Å². The third-order valence-corrected chi connectivity index (χ3v) is 9.53. The van der Waals surface area contributed by atoms with Crippen LogP contribution >= 0.6 is 0 Å². The summed E-state index contributed by atoms with van der Waals surface area (Å²) in [4.78, 5) is 37.0. The zero-order valence-electron chi connectivity index (χ0n) is 18.0. The first kappa shape index (κ1) is 20.1. The lowest BCUT2D eigenvalue weighted by atomic mass is 9.44. The summed E-state index contributed by atoms with van der Waals surface area (Å²) in [6, 6.07) is 0. The number of hydrogen-bond acceptors (Lipinski definition) is 4. The Kier molecular flexibility index (Phi) is 4.99. The lowest BCUT2D eigenvalue weighted by molar-refractivity contribution is -0.163. The van der Waals surface area contributed by atoms with Gasteiger partial charge in [0.1, 0.15) is 17.7 Å². The molecular weight excluding hydrogens is 352 g/mol. The van der Waals surface area contributed by atoms with Gasteiger partial charge in [0.25, 0.3) is 0 Å². The van der Waals surface area contributed by atoms with Crippen LogP contribution in [0.1, 0.15) is 85.5 Å². The molecular formula is C24H36O4. The molecule has 0 aromatic rings. The number of carbonyl (C=O) groups excluding carboxylic acids is 3. The van der Waals surface area contributed by atoms with E-state index in [4.69, 9.17) is 4.74 Å². The van der Waals surface area contributed by atoms with E-state index >= 15 is 0 Å². The third kappa shape index (κ3) is 2.89. The van der Waals surface area contributed by atoms with Gasteiger partial charge in [-0.3, -0.25) is 14.4 Å². The maximum absolute atomic E-state index is 13.1. The minimum absolute atomic E-state index is 0.00756. The summed E-state index contributed by atoms with van der Waals surface area (Å²) < 4.78 is 5.73. The Morgan fingerprint density at radius 2 is 1.79 bits per heavy atom. The molecule has 0 radical (unpaired) electrons. The number of rotatable bonds is 3. The normalized spacial score (nSPS) is 46.4. The van der Waals surface area contributed by atoms with Crippen molar-refractivity contribution in [2.24, 2.45) is 40.4 Å². The molecule has 4 nitrogen and oxygen atoms in total. The molecule has 0 N–H and O–H groups in total. The van der Waals surface area contributed by atoms with Gasteiger partial charge in [0.2, 0.25) is 0 Å². The van der Waals surface area contributed by atoms with Crippen LogP contribution in [0, 0.1) is 40.4 Å². The van der Waals surface area contributed by atoms with Crippen LogP contribution in [0.2, 0.25) is 0 Å². The second-order valence-electron chi connectivity index (χ2n) is 10.6. The van der Waals surface area contributed by atoms with Gasteiger partial charge in [0.15, 0.2) is 0 Å². The number of Topliss-reactive ketones (excluding diaryl/α,β-unsaturated/α-hetero) is 2. The Hall–Kier alpha value is -1.19. The Balaban J connectivity index is 1.58. The van der Waals surface area contributed by atoms with E-state index < -0.39 is 0 Å². The number of carbonyl (C=O) groups is 3. The van der Waals surface area contributed by atoms with Crippen LogP contribution in [-0.2, 0) is 19.1 Å². The van der Waals surface area contributed by atoms with Crippen molar-refractivity contribution in [3.63, 3.8) is 0 Å². The lowest BCUT2D eigenvalue weighted by Crippen LogP contribution is -2.57. The van der Waals surface area contributed by atoms with Crippen LogP contribution in [0.3, 0.4) is 0 Å². The summed E-state index contributed by atoms with van der Waals surface area (Å²) >= 11 is 0. The second kappa shape index (κ2) is 6.95. The summed E-state index contributed by atoms with van der Waals surface area (Å²) in [5.41, 5.74) is 0.163. The molecule has 0 saturated heterocycles. The van der Waals surface area contributed by atoms with Gasteiger partial charge in [-0.05, 0) is 67.6 Å². The van der Waals surface area contributed by atoms with Crippen molar-refractivity contribution < 1.29 is 19.1 Å².